The first-order chi connectivity index (χ1) is 11.0. The zero-order chi connectivity index (χ0) is 16.7. The van der Waals surface area contributed by atoms with Crippen LogP contribution in [-0.4, -0.2) is 30.9 Å². The van der Waals surface area contributed by atoms with Crippen molar-refractivity contribution in [3.63, 3.8) is 0 Å². The van der Waals surface area contributed by atoms with Crippen LogP contribution in [0.15, 0.2) is 54.6 Å². The fraction of sp³-hybridized carbons (Fsp3) is 0.222. The Morgan fingerprint density at radius 1 is 0.870 bits per heavy atom. The van der Waals surface area contributed by atoms with Crippen molar-refractivity contribution in [2.24, 2.45) is 0 Å². The standard InChI is InChI=1S/C18H21N3O2/c1-21(2)17(22)13-10-14-8-11-16(12-9-14)20-18(23)19-15-6-4-3-5-7-15/h3-9,11-12H,10,13H2,1-2H3,(H2,19,20,23). The number of anilines is 2. The molecule has 0 spiro atoms. The molecule has 2 aromatic rings. The van der Waals surface area contributed by atoms with Crippen LogP contribution in [-0.2, 0) is 11.2 Å². The molecule has 0 aromatic heterocycles. The Morgan fingerprint density at radius 3 is 2.00 bits per heavy atom. The molecule has 0 heterocycles. The van der Waals surface area contributed by atoms with E-state index >= 15 is 0 Å². The topological polar surface area (TPSA) is 61.4 Å². The lowest BCUT2D eigenvalue weighted by molar-refractivity contribution is -0.128. The molecule has 0 saturated carbocycles. The molecule has 23 heavy (non-hydrogen) atoms. The lowest BCUT2D eigenvalue weighted by Gasteiger charge is -2.10. The zero-order valence-electron chi connectivity index (χ0n) is 13.4. The second-order valence-corrected chi connectivity index (χ2v) is 5.43. The molecule has 120 valence electrons. The van der Waals surface area contributed by atoms with E-state index in [9.17, 15) is 9.59 Å². The third kappa shape index (κ3) is 5.47. The number of hydrogen-bond donors (Lipinski definition) is 2. The van der Waals surface area contributed by atoms with E-state index in [1.807, 2.05) is 54.6 Å². The second-order valence-electron chi connectivity index (χ2n) is 5.43. The Balaban J connectivity index is 1.85. The number of carbonyl (C=O) groups is 2. The number of urea groups is 1. The van der Waals surface area contributed by atoms with Gasteiger partial charge in [0.05, 0.1) is 0 Å². The summed E-state index contributed by atoms with van der Waals surface area (Å²) in [6.45, 7) is 0. The molecular formula is C18H21N3O2. The third-order valence-electron chi connectivity index (χ3n) is 3.37. The maximum absolute atomic E-state index is 11.9. The first kappa shape index (κ1) is 16.5. The number of nitrogens with zero attached hydrogens (tertiary/aromatic N) is 1. The van der Waals surface area contributed by atoms with Crippen LogP contribution in [0.25, 0.3) is 0 Å². The van der Waals surface area contributed by atoms with E-state index in [0.717, 1.165) is 11.3 Å². The summed E-state index contributed by atoms with van der Waals surface area (Å²) in [7, 11) is 3.50. The largest absolute Gasteiger partial charge is 0.349 e. The summed E-state index contributed by atoms with van der Waals surface area (Å²) in [5.74, 6) is 0.106. The molecular weight excluding hydrogens is 290 g/mol. The van der Waals surface area contributed by atoms with E-state index in [1.54, 1.807) is 19.0 Å². The van der Waals surface area contributed by atoms with Crippen molar-refractivity contribution in [3.8, 4) is 0 Å². The van der Waals surface area contributed by atoms with Crippen molar-refractivity contribution < 1.29 is 9.59 Å². The maximum atomic E-state index is 11.9. The van der Waals surface area contributed by atoms with Crippen molar-refractivity contribution >= 4 is 23.3 Å². The summed E-state index contributed by atoms with van der Waals surface area (Å²) >= 11 is 0. The van der Waals surface area contributed by atoms with E-state index in [4.69, 9.17) is 0 Å². The van der Waals surface area contributed by atoms with Crippen LogP contribution in [0, 0.1) is 0 Å². The predicted octanol–water partition coefficient (Wildman–Crippen LogP) is 3.35. The minimum absolute atomic E-state index is 0.106. The van der Waals surface area contributed by atoms with Gasteiger partial charge in [-0.1, -0.05) is 30.3 Å². The maximum Gasteiger partial charge on any atom is 0.323 e. The first-order valence-electron chi connectivity index (χ1n) is 7.47. The van der Waals surface area contributed by atoms with E-state index in [0.29, 0.717) is 18.5 Å². The van der Waals surface area contributed by atoms with Gasteiger partial charge in [0.15, 0.2) is 0 Å². The van der Waals surface area contributed by atoms with Gasteiger partial charge < -0.3 is 15.5 Å². The predicted molar refractivity (Wildman–Crippen MR) is 92.5 cm³/mol. The van der Waals surface area contributed by atoms with Gasteiger partial charge in [0.25, 0.3) is 0 Å². The van der Waals surface area contributed by atoms with E-state index in [2.05, 4.69) is 10.6 Å². The number of aryl methyl sites for hydroxylation is 1. The summed E-state index contributed by atoms with van der Waals surface area (Å²) in [5.41, 5.74) is 2.51. The van der Waals surface area contributed by atoms with Crippen LogP contribution in [0.4, 0.5) is 16.2 Å². The van der Waals surface area contributed by atoms with Crippen LogP contribution in [0.3, 0.4) is 0 Å². The fourth-order valence-corrected chi connectivity index (χ4v) is 2.04. The number of amides is 3. The molecule has 0 atom stereocenters. The molecule has 0 aliphatic heterocycles. The highest BCUT2D eigenvalue weighted by Gasteiger charge is 2.05. The summed E-state index contributed by atoms with van der Waals surface area (Å²) < 4.78 is 0. The molecule has 3 amide bonds. The first-order valence-corrected chi connectivity index (χ1v) is 7.47. The number of rotatable bonds is 5. The normalized spacial score (nSPS) is 10.0. The number of carbonyl (C=O) groups excluding carboxylic acids is 2. The zero-order valence-corrected chi connectivity index (χ0v) is 13.4. The Morgan fingerprint density at radius 2 is 1.43 bits per heavy atom. The van der Waals surface area contributed by atoms with Gasteiger partial charge in [-0.05, 0) is 36.2 Å². The SMILES string of the molecule is CN(C)C(=O)CCc1ccc(NC(=O)Nc2ccccc2)cc1. The van der Waals surface area contributed by atoms with E-state index < -0.39 is 0 Å². The van der Waals surface area contributed by atoms with E-state index in [1.165, 1.54) is 0 Å². The monoisotopic (exact) mass is 311 g/mol. The quantitative estimate of drug-likeness (QED) is 0.889. The van der Waals surface area contributed by atoms with Crippen molar-refractivity contribution in [2.45, 2.75) is 12.8 Å². The summed E-state index contributed by atoms with van der Waals surface area (Å²) in [4.78, 5) is 25.0. The Labute approximate surface area is 136 Å². The van der Waals surface area contributed by atoms with Crippen LogP contribution in [0.2, 0.25) is 0 Å². The molecule has 0 fully saturated rings. The smallest absolute Gasteiger partial charge is 0.323 e. The fourth-order valence-electron chi connectivity index (χ4n) is 2.04. The number of hydrogen-bond acceptors (Lipinski definition) is 2. The van der Waals surface area contributed by atoms with Gasteiger partial charge in [-0.2, -0.15) is 0 Å². The molecule has 0 aliphatic carbocycles. The average Bonchev–Trinajstić information content (AvgIpc) is 2.54. The highest BCUT2D eigenvalue weighted by molar-refractivity contribution is 5.99. The molecule has 0 saturated heterocycles. The molecule has 2 aromatic carbocycles. The molecule has 2 rings (SSSR count). The van der Waals surface area contributed by atoms with Gasteiger partial charge in [0, 0.05) is 31.9 Å². The van der Waals surface area contributed by atoms with Crippen LogP contribution < -0.4 is 10.6 Å². The Kier molecular flexibility index (Phi) is 5.74. The number of nitrogens with one attached hydrogen (secondary N) is 2. The highest BCUT2D eigenvalue weighted by Crippen LogP contribution is 2.12. The van der Waals surface area contributed by atoms with Gasteiger partial charge in [0.2, 0.25) is 5.91 Å². The summed E-state index contributed by atoms with van der Waals surface area (Å²) in [6.07, 6.45) is 1.17. The molecule has 5 nitrogen and oxygen atoms in total. The molecule has 0 radical (unpaired) electrons. The van der Waals surface area contributed by atoms with Crippen LogP contribution >= 0.6 is 0 Å². The number of benzene rings is 2. The molecule has 0 aliphatic rings. The molecule has 2 N–H and O–H groups in total. The van der Waals surface area contributed by atoms with Gasteiger partial charge in [-0.15, -0.1) is 0 Å². The minimum Gasteiger partial charge on any atom is -0.349 e. The third-order valence-corrected chi connectivity index (χ3v) is 3.37. The van der Waals surface area contributed by atoms with Crippen LogP contribution in [0.5, 0.6) is 0 Å². The summed E-state index contributed by atoms with van der Waals surface area (Å²) in [5, 5.41) is 5.53. The Hall–Kier alpha value is -2.82. The van der Waals surface area contributed by atoms with Crippen molar-refractivity contribution in [3.05, 3.63) is 60.2 Å². The lowest BCUT2D eigenvalue weighted by Crippen LogP contribution is -2.21. The molecule has 0 bridgehead atoms. The van der Waals surface area contributed by atoms with Crippen LogP contribution in [0.1, 0.15) is 12.0 Å². The molecule has 0 unspecified atom stereocenters. The van der Waals surface area contributed by atoms with Crippen molar-refractivity contribution in [2.75, 3.05) is 24.7 Å². The average molecular weight is 311 g/mol. The van der Waals surface area contributed by atoms with Gasteiger partial charge in [-0.3, -0.25) is 4.79 Å². The Bertz CT molecular complexity index is 652. The van der Waals surface area contributed by atoms with Crippen molar-refractivity contribution in [1.29, 1.82) is 0 Å². The lowest BCUT2D eigenvalue weighted by atomic mass is 10.1. The van der Waals surface area contributed by atoms with Gasteiger partial charge in [-0.25, -0.2) is 4.79 Å². The minimum atomic E-state index is -0.285. The van der Waals surface area contributed by atoms with Crippen molar-refractivity contribution in [1.82, 2.24) is 4.90 Å². The summed E-state index contributed by atoms with van der Waals surface area (Å²) in [6, 6.07) is 16.5. The van der Waals surface area contributed by atoms with Gasteiger partial charge in [0.1, 0.15) is 0 Å². The number of para-hydroxylation sites is 1. The van der Waals surface area contributed by atoms with Gasteiger partial charge >= 0.3 is 6.03 Å². The van der Waals surface area contributed by atoms with E-state index in [-0.39, 0.29) is 11.9 Å². The second kappa shape index (κ2) is 7.98. The highest BCUT2D eigenvalue weighted by atomic mass is 16.2. The molecule has 5 heteroatoms.